The van der Waals surface area contributed by atoms with E-state index in [0.717, 1.165) is 18.4 Å². The molecule has 4 aliphatic carbocycles. The minimum absolute atomic E-state index is 0.00870. The van der Waals surface area contributed by atoms with Crippen molar-refractivity contribution in [2.75, 3.05) is 6.61 Å². The molecule has 5 aliphatic rings. The van der Waals surface area contributed by atoms with Crippen LogP contribution in [-0.4, -0.2) is 53.4 Å². The van der Waals surface area contributed by atoms with Gasteiger partial charge >= 0.3 is 0 Å². The number of aliphatic hydroxyl groups excluding tert-OH is 1. The highest BCUT2D eigenvalue weighted by atomic mass is 16.5. The van der Waals surface area contributed by atoms with Crippen LogP contribution >= 0.6 is 0 Å². The highest BCUT2D eigenvalue weighted by Crippen LogP contribution is 2.69. The number of carbonyl (C=O) groups excluding carboxylic acids is 3. The first-order valence-corrected chi connectivity index (χ1v) is 11.1. The lowest BCUT2D eigenvalue weighted by Gasteiger charge is -2.59. The first-order valence-electron chi connectivity index (χ1n) is 11.1. The number of aliphatic hydroxyl groups is 1. The van der Waals surface area contributed by atoms with E-state index in [2.05, 4.69) is 13.8 Å². The summed E-state index contributed by atoms with van der Waals surface area (Å²) in [6.45, 7) is 5.86. The molecule has 1 aliphatic heterocycles. The van der Waals surface area contributed by atoms with Gasteiger partial charge in [0, 0.05) is 23.7 Å². The van der Waals surface area contributed by atoms with Crippen LogP contribution in [0.1, 0.15) is 46.5 Å². The second kappa shape index (κ2) is 6.61. The zero-order valence-electron chi connectivity index (χ0n) is 18.2. The van der Waals surface area contributed by atoms with E-state index in [1.54, 1.807) is 19.1 Å². The van der Waals surface area contributed by atoms with E-state index < -0.39 is 23.2 Å². The Hall–Kier alpha value is -2.28. The van der Waals surface area contributed by atoms with Crippen LogP contribution in [0.25, 0.3) is 0 Å². The van der Waals surface area contributed by atoms with Crippen molar-refractivity contribution < 1.29 is 29.0 Å². The molecule has 166 valence electrons. The van der Waals surface area contributed by atoms with Crippen LogP contribution in [0.5, 0.6) is 0 Å². The molecule has 7 nitrogen and oxygen atoms in total. The van der Waals surface area contributed by atoms with Crippen LogP contribution in [0.3, 0.4) is 0 Å². The second-order valence-corrected chi connectivity index (χ2v) is 10.3. The number of nitrogens with zero attached hydrogens (tertiary/aromatic N) is 1. The summed E-state index contributed by atoms with van der Waals surface area (Å²) in [5, 5.41) is 11.5. The smallest absolute Gasteiger partial charge is 0.293 e. The Morgan fingerprint density at radius 3 is 2.94 bits per heavy atom. The molecule has 0 amide bonds. The molecule has 3 saturated carbocycles. The monoisotopic (exact) mass is 427 g/mol. The minimum atomic E-state index is -1.15. The Balaban J connectivity index is 1.57. The quantitative estimate of drug-likeness (QED) is 0.690. The maximum Gasteiger partial charge on any atom is 0.293 e. The fraction of sp³-hybridized carbons (Fsp3) is 0.667. The van der Waals surface area contributed by atoms with Gasteiger partial charge in [-0.15, -0.1) is 0 Å². The number of hydrogen-bond donors (Lipinski definition) is 1. The molecule has 1 heterocycles. The molecule has 0 radical (unpaired) electrons. The Labute approximate surface area is 181 Å². The van der Waals surface area contributed by atoms with Gasteiger partial charge in [-0.2, -0.15) is 0 Å². The number of ketones is 2. The third-order valence-electron chi connectivity index (χ3n) is 9.04. The number of fused-ring (bicyclic) bond motifs is 7. The summed E-state index contributed by atoms with van der Waals surface area (Å²) < 4.78 is 10.9. The summed E-state index contributed by atoms with van der Waals surface area (Å²) in [6, 6.07) is 0. The van der Waals surface area contributed by atoms with Crippen LogP contribution in [0.4, 0.5) is 0 Å². The lowest BCUT2D eigenvalue weighted by Crippen LogP contribution is -2.62. The normalized spacial score (nSPS) is 47.2. The van der Waals surface area contributed by atoms with Crippen molar-refractivity contribution in [2.45, 2.75) is 64.2 Å². The number of carbonyl (C=O) groups is 3. The summed E-state index contributed by atoms with van der Waals surface area (Å²) >= 11 is 0. The van der Waals surface area contributed by atoms with Crippen LogP contribution in [0.2, 0.25) is 0 Å². The molecule has 1 N–H and O–H groups in total. The highest BCUT2D eigenvalue weighted by Gasteiger charge is 2.74. The van der Waals surface area contributed by atoms with E-state index in [0.29, 0.717) is 18.7 Å². The molecule has 3 fully saturated rings. The molecule has 0 aromatic rings. The molecule has 0 aromatic heterocycles. The van der Waals surface area contributed by atoms with Gasteiger partial charge < -0.3 is 14.6 Å². The van der Waals surface area contributed by atoms with E-state index in [9.17, 15) is 19.5 Å². The predicted molar refractivity (Wildman–Crippen MR) is 111 cm³/mol. The fourth-order valence-corrected chi connectivity index (χ4v) is 7.91. The SMILES string of the molecule is CC1=N[C@]2(C(=O)COC=O)[C@@H](C[C@H]3[C@@H]4CCC5=CC(=O)C=C[C@]5(C)[C@H]4[C@@H](O)C[C@@]32C)O1. The summed E-state index contributed by atoms with van der Waals surface area (Å²) in [5.41, 5.74) is -1.03. The summed E-state index contributed by atoms with van der Waals surface area (Å²) in [6.07, 6.45) is 7.01. The number of rotatable bonds is 4. The molecule has 0 aromatic carbocycles. The molecule has 0 unspecified atom stereocenters. The molecule has 31 heavy (non-hydrogen) atoms. The largest absolute Gasteiger partial charge is 0.475 e. The molecule has 0 spiro atoms. The summed E-state index contributed by atoms with van der Waals surface area (Å²) in [5.74, 6) is 0.493. The van der Waals surface area contributed by atoms with E-state index >= 15 is 0 Å². The van der Waals surface area contributed by atoms with Gasteiger partial charge in [-0.1, -0.05) is 25.5 Å². The number of allylic oxidation sites excluding steroid dienone is 4. The Morgan fingerprint density at radius 2 is 2.19 bits per heavy atom. The summed E-state index contributed by atoms with van der Waals surface area (Å²) in [7, 11) is 0. The number of Topliss-reactive ketones (excluding diaryl/α,β-unsaturated/α-hetero) is 1. The summed E-state index contributed by atoms with van der Waals surface area (Å²) in [4.78, 5) is 40.9. The van der Waals surface area contributed by atoms with Gasteiger partial charge in [0.15, 0.2) is 23.8 Å². The van der Waals surface area contributed by atoms with Crippen molar-refractivity contribution in [3.63, 3.8) is 0 Å². The lowest BCUT2D eigenvalue weighted by atomic mass is 9.46. The molecule has 0 bridgehead atoms. The topological polar surface area (TPSA) is 102 Å². The van der Waals surface area contributed by atoms with E-state index in [4.69, 9.17) is 14.5 Å². The second-order valence-electron chi connectivity index (χ2n) is 10.3. The van der Waals surface area contributed by atoms with Gasteiger partial charge in [0.05, 0.1) is 6.10 Å². The van der Waals surface area contributed by atoms with Gasteiger partial charge in [0.2, 0.25) is 5.78 Å². The molecular formula is C24H29NO6. The number of hydrogen-bond acceptors (Lipinski definition) is 7. The average molecular weight is 427 g/mol. The van der Waals surface area contributed by atoms with Crippen LogP contribution in [0, 0.1) is 28.6 Å². The minimum Gasteiger partial charge on any atom is -0.475 e. The first-order chi connectivity index (χ1) is 14.7. The third kappa shape index (κ3) is 2.50. The first kappa shape index (κ1) is 20.6. The molecule has 5 rings (SSSR count). The van der Waals surface area contributed by atoms with Crippen molar-refractivity contribution in [1.82, 2.24) is 0 Å². The average Bonchev–Trinajstić information content (AvgIpc) is 3.17. The zero-order chi connectivity index (χ0) is 22.2. The lowest BCUT2D eigenvalue weighted by molar-refractivity contribution is -0.150. The Bertz CT molecular complexity index is 952. The Kier molecular flexibility index (Phi) is 4.39. The van der Waals surface area contributed by atoms with Crippen molar-refractivity contribution in [1.29, 1.82) is 0 Å². The molecule has 8 atom stereocenters. The maximum absolute atomic E-state index is 13.4. The number of ether oxygens (including phenoxy) is 2. The van der Waals surface area contributed by atoms with Gasteiger partial charge in [0.25, 0.3) is 6.47 Å². The van der Waals surface area contributed by atoms with Crippen molar-refractivity contribution in [2.24, 2.45) is 33.6 Å². The van der Waals surface area contributed by atoms with Crippen LogP contribution in [-0.2, 0) is 23.9 Å². The van der Waals surface area contributed by atoms with E-state index in [-0.39, 0.29) is 47.8 Å². The van der Waals surface area contributed by atoms with E-state index in [1.165, 1.54) is 0 Å². The van der Waals surface area contributed by atoms with E-state index in [1.807, 2.05) is 6.08 Å². The fourth-order valence-electron chi connectivity index (χ4n) is 7.91. The van der Waals surface area contributed by atoms with Crippen molar-refractivity contribution in [3.8, 4) is 0 Å². The standard InChI is InChI=1S/C24H29NO6/c1-13-25-24(19(29)11-30-12-26)20(31-13)9-17-16-5-4-14-8-15(27)6-7-22(14,2)21(16)18(28)10-23(17,24)3/h6-8,12,16-18,20-21,28H,4-5,9-11H2,1-3H3/t16-,17-,18-,20+,21+,22-,23-,24+/m0/s1. The van der Waals surface area contributed by atoms with Gasteiger partial charge in [-0.3, -0.25) is 14.4 Å². The third-order valence-corrected chi connectivity index (χ3v) is 9.04. The highest BCUT2D eigenvalue weighted by molar-refractivity contribution is 6.01. The van der Waals surface area contributed by atoms with Crippen molar-refractivity contribution in [3.05, 3.63) is 23.8 Å². The zero-order valence-corrected chi connectivity index (χ0v) is 18.2. The molecular weight excluding hydrogens is 398 g/mol. The molecule has 0 saturated heterocycles. The van der Waals surface area contributed by atoms with Gasteiger partial charge in [-0.25, -0.2) is 4.99 Å². The number of aliphatic imine (C=N–C) groups is 1. The Morgan fingerprint density at radius 1 is 1.42 bits per heavy atom. The van der Waals surface area contributed by atoms with Crippen LogP contribution in [0.15, 0.2) is 28.8 Å². The van der Waals surface area contributed by atoms with Gasteiger partial charge in [-0.05, 0) is 49.7 Å². The van der Waals surface area contributed by atoms with Gasteiger partial charge in [0.1, 0.15) is 6.10 Å². The molecule has 7 heteroatoms. The maximum atomic E-state index is 13.4. The van der Waals surface area contributed by atoms with Crippen molar-refractivity contribution >= 4 is 23.9 Å². The van der Waals surface area contributed by atoms with Crippen LogP contribution < -0.4 is 0 Å². The predicted octanol–water partition coefficient (Wildman–Crippen LogP) is 2.17.